The maximum absolute atomic E-state index is 11.6. The third kappa shape index (κ3) is 3.54. The standard InChI is InChI=1S/C18H14O8/c19-11-6-10(7-12(20)8-11)16-17(18(23)24)26-14-5-9(2-4-15(21)22)1-3-13(14)25-16/h1-8,16-17,19-20H,(H,21,22)(H,23,24)/b4-2+/t16-,17-/m1/s1. The van der Waals surface area contributed by atoms with Crippen LogP contribution < -0.4 is 9.47 Å². The number of benzene rings is 2. The van der Waals surface area contributed by atoms with Gasteiger partial charge in [0.25, 0.3) is 0 Å². The third-order valence-corrected chi connectivity index (χ3v) is 3.67. The van der Waals surface area contributed by atoms with Gasteiger partial charge >= 0.3 is 11.9 Å². The zero-order valence-electron chi connectivity index (χ0n) is 13.2. The molecule has 2 atom stereocenters. The van der Waals surface area contributed by atoms with Gasteiger partial charge in [-0.15, -0.1) is 0 Å². The van der Waals surface area contributed by atoms with Crippen LogP contribution >= 0.6 is 0 Å². The summed E-state index contributed by atoms with van der Waals surface area (Å²) in [6.07, 6.45) is -0.250. The van der Waals surface area contributed by atoms with Crippen LogP contribution in [0.4, 0.5) is 0 Å². The Morgan fingerprint density at radius 2 is 1.62 bits per heavy atom. The summed E-state index contributed by atoms with van der Waals surface area (Å²) in [5, 5.41) is 37.4. The monoisotopic (exact) mass is 358 g/mol. The molecule has 0 aromatic heterocycles. The van der Waals surface area contributed by atoms with E-state index in [1.165, 1.54) is 30.3 Å². The average molecular weight is 358 g/mol. The van der Waals surface area contributed by atoms with E-state index in [1.807, 2.05) is 0 Å². The number of carbonyl (C=O) groups is 2. The molecule has 0 aliphatic carbocycles. The molecule has 3 rings (SSSR count). The number of rotatable bonds is 4. The second-order valence-corrected chi connectivity index (χ2v) is 5.58. The largest absolute Gasteiger partial charge is 0.508 e. The lowest BCUT2D eigenvalue weighted by Crippen LogP contribution is -2.39. The Bertz CT molecular complexity index is 882. The fraction of sp³-hybridized carbons (Fsp3) is 0.111. The Kier molecular flexibility index (Phi) is 4.40. The van der Waals surface area contributed by atoms with Gasteiger partial charge in [0.05, 0.1) is 0 Å². The lowest BCUT2D eigenvalue weighted by molar-refractivity contribution is -0.151. The van der Waals surface area contributed by atoms with Gasteiger partial charge in [0.2, 0.25) is 6.10 Å². The van der Waals surface area contributed by atoms with Crippen molar-refractivity contribution in [3.8, 4) is 23.0 Å². The van der Waals surface area contributed by atoms with Crippen LogP contribution in [0.1, 0.15) is 17.2 Å². The van der Waals surface area contributed by atoms with Gasteiger partial charge in [-0.05, 0) is 35.9 Å². The summed E-state index contributed by atoms with van der Waals surface area (Å²) < 4.78 is 11.2. The molecular weight excluding hydrogens is 344 g/mol. The van der Waals surface area contributed by atoms with Crippen molar-refractivity contribution >= 4 is 18.0 Å². The van der Waals surface area contributed by atoms with E-state index in [4.69, 9.17) is 14.6 Å². The normalized spacial score (nSPS) is 18.6. The van der Waals surface area contributed by atoms with Crippen molar-refractivity contribution < 1.29 is 39.5 Å². The van der Waals surface area contributed by atoms with Crippen LogP contribution in [0, 0.1) is 0 Å². The van der Waals surface area contributed by atoms with Crippen LogP contribution in [0.2, 0.25) is 0 Å². The molecule has 1 heterocycles. The maximum Gasteiger partial charge on any atom is 0.349 e. The van der Waals surface area contributed by atoms with E-state index in [9.17, 15) is 24.9 Å². The van der Waals surface area contributed by atoms with Crippen LogP contribution in [0.15, 0.2) is 42.5 Å². The second kappa shape index (κ2) is 6.67. The molecule has 134 valence electrons. The Morgan fingerprint density at radius 3 is 2.23 bits per heavy atom. The highest BCUT2D eigenvalue weighted by atomic mass is 16.6. The van der Waals surface area contributed by atoms with E-state index in [-0.39, 0.29) is 28.6 Å². The number of phenolic OH excluding ortho intramolecular Hbond substituents is 2. The lowest BCUT2D eigenvalue weighted by Gasteiger charge is -2.32. The van der Waals surface area contributed by atoms with Crippen LogP contribution in [-0.4, -0.2) is 38.5 Å². The predicted octanol–water partition coefficient (Wildman–Crippen LogP) is 2.16. The molecule has 1 aliphatic heterocycles. The first-order chi connectivity index (χ1) is 12.3. The molecule has 0 fully saturated rings. The van der Waals surface area contributed by atoms with Crippen molar-refractivity contribution in [3.05, 3.63) is 53.6 Å². The minimum absolute atomic E-state index is 0.144. The van der Waals surface area contributed by atoms with Gasteiger partial charge < -0.3 is 29.9 Å². The summed E-state index contributed by atoms with van der Waals surface area (Å²) in [7, 11) is 0. The number of phenols is 2. The third-order valence-electron chi connectivity index (χ3n) is 3.67. The van der Waals surface area contributed by atoms with Crippen molar-refractivity contribution in [2.24, 2.45) is 0 Å². The number of carboxylic acids is 2. The van der Waals surface area contributed by atoms with E-state index >= 15 is 0 Å². The molecule has 8 heteroatoms. The van der Waals surface area contributed by atoms with Gasteiger partial charge in [0.1, 0.15) is 11.5 Å². The molecule has 4 N–H and O–H groups in total. The van der Waals surface area contributed by atoms with Crippen molar-refractivity contribution in [3.63, 3.8) is 0 Å². The molecule has 1 aliphatic rings. The van der Waals surface area contributed by atoms with Gasteiger partial charge in [-0.25, -0.2) is 9.59 Å². The fourth-order valence-electron chi connectivity index (χ4n) is 2.59. The first-order valence-corrected chi connectivity index (χ1v) is 7.47. The summed E-state index contributed by atoms with van der Waals surface area (Å²) in [4.78, 5) is 22.2. The highest BCUT2D eigenvalue weighted by Gasteiger charge is 2.38. The molecule has 2 aromatic rings. The Labute approximate surface area is 147 Å². The van der Waals surface area contributed by atoms with Crippen LogP contribution in [-0.2, 0) is 9.59 Å². The first kappa shape index (κ1) is 17.2. The number of carboxylic acid groups (broad SMARTS) is 2. The van der Waals surface area contributed by atoms with Crippen LogP contribution in [0.25, 0.3) is 6.08 Å². The molecule has 2 aromatic carbocycles. The molecule has 0 saturated carbocycles. The molecular formula is C18H14O8. The molecule has 26 heavy (non-hydrogen) atoms. The molecule has 0 bridgehead atoms. The van der Waals surface area contributed by atoms with Crippen LogP contribution in [0.5, 0.6) is 23.0 Å². The molecule has 8 nitrogen and oxygen atoms in total. The van der Waals surface area contributed by atoms with Crippen molar-refractivity contribution in [1.29, 1.82) is 0 Å². The lowest BCUT2D eigenvalue weighted by atomic mass is 10.0. The zero-order valence-corrected chi connectivity index (χ0v) is 13.2. The smallest absolute Gasteiger partial charge is 0.349 e. The van der Waals surface area contributed by atoms with E-state index in [2.05, 4.69) is 0 Å². The van der Waals surface area contributed by atoms with E-state index < -0.39 is 24.1 Å². The molecule has 0 amide bonds. The number of aliphatic carboxylic acids is 2. The van der Waals surface area contributed by atoms with Gasteiger partial charge in [0.15, 0.2) is 17.6 Å². The van der Waals surface area contributed by atoms with E-state index in [0.29, 0.717) is 5.56 Å². The SMILES string of the molecule is O=C(O)/C=C/c1ccc2c(c1)O[C@@H](C(=O)O)[C@@H](c1cc(O)cc(O)c1)O2. The van der Waals surface area contributed by atoms with Gasteiger partial charge in [-0.1, -0.05) is 6.07 Å². The van der Waals surface area contributed by atoms with Gasteiger partial charge in [0, 0.05) is 17.7 Å². The summed E-state index contributed by atoms with van der Waals surface area (Å²) in [5.74, 6) is -2.50. The minimum Gasteiger partial charge on any atom is -0.508 e. The van der Waals surface area contributed by atoms with Crippen molar-refractivity contribution in [2.45, 2.75) is 12.2 Å². The molecule has 0 spiro atoms. The van der Waals surface area contributed by atoms with E-state index in [1.54, 1.807) is 6.07 Å². The molecule has 0 saturated heterocycles. The number of hydrogen-bond donors (Lipinski definition) is 4. The zero-order chi connectivity index (χ0) is 18.8. The number of ether oxygens (including phenoxy) is 2. The fourth-order valence-corrected chi connectivity index (χ4v) is 2.59. The summed E-state index contributed by atoms with van der Waals surface area (Å²) >= 11 is 0. The predicted molar refractivity (Wildman–Crippen MR) is 88.3 cm³/mol. The second-order valence-electron chi connectivity index (χ2n) is 5.58. The average Bonchev–Trinajstić information content (AvgIpc) is 2.57. The Balaban J connectivity index is 1.98. The Morgan fingerprint density at radius 1 is 0.923 bits per heavy atom. The van der Waals surface area contributed by atoms with E-state index in [0.717, 1.165) is 12.1 Å². The maximum atomic E-state index is 11.6. The quantitative estimate of drug-likeness (QED) is 0.611. The first-order valence-electron chi connectivity index (χ1n) is 7.47. The minimum atomic E-state index is -1.43. The van der Waals surface area contributed by atoms with Gasteiger partial charge in [-0.3, -0.25) is 0 Å². The highest BCUT2D eigenvalue weighted by molar-refractivity contribution is 5.85. The summed E-state index contributed by atoms with van der Waals surface area (Å²) in [6, 6.07) is 8.22. The number of hydrogen-bond acceptors (Lipinski definition) is 6. The topological polar surface area (TPSA) is 134 Å². The Hall–Kier alpha value is -3.68. The molecule has 0 radical (unpaired) electrons. The van der Waals surface area contributed by atoms with Crippen molar-refractivity contribution in [1.82, 2.24) is 0 Å². The number of aromatic hydroxyl groups is 2. The highest BCUT2D eigenvalue weighted by Crippen LogP contribution is 2.41. The van der Waals surface area contributed by atoms with Crippen LogP contribution in [0.3, 0.4) is 0 Å². The number of fused-ring (bicyclic) bond motifs is 1. The summed E-state index contributed by atoms with van der Waals surface area (Å²) in [6.45, 7) is 0. The van der Waals surface area contributed by atoms with Gasteiger partial charge in [-0.2, -0.15) is 0 Å². The van der Waals surface area contributed by atoms with Crippen molar-refractivity contribution in [2.75, 3.05) is 0 Å². The molecule has 0 unspecified atom stereocenters. The summed E-state index contributed by atoms with van der Waals surface area (Å²) in [5.41, 5.74) is 0.725.